The molecule has 0 aliphatic carbocycles. The van der Waals surface area contributed by atoms with E-state index >= 15 is 0 Å². The van der Waals surface area contributed by atoms with Gasteiger partial charge in [0.25, 0.3) is 0 Å². The molecule has 0 saturated carbocycles. The van der Waals surface area contributed by atoms with Gasteiger partial charge in [-0.15, -0.1) is 0 Å². The van der Waals surface area contributed by atoms with Gasteiger partial charge in [0.15, 0.2) is 11.6 Å². The van der Waals surface area contributed by atoms with Crippen LogP contribution in [0.15, 0.2) is 48.7 Å². The van der Waals surface area contributed by atoms with Gasteiger partial charge >= 0.3 is 0 Å². The lowest BCUT2D eigenvalue weighted by Gasteiger charge is -2.20. The van der Waals surface area contributed by atoms with Crippen molar-refractivity contribution in [3.8, 4) is 0 Å². The van der Waals surface area contributed by atoms with Crippen molar-refractivity contribution >= 4 is 17.4 Å². The van der Waals surface area contributed by atoms with Crippen molar-refractivity contribution in [1.82, 2.24) is 24.6 Å². The van der Waals surface area contributed by atoms with Crippen molar-refractivity contribution in [2.75, 3.05) is 18.5 Å². The lowest BCUT2D eigenvalue weighted by Crippen LogP contribution is -2.20. The number of aromatic amines is 1. The molecule has 0 bridgehead atoms. The highest BCUT2D eigenvalue weighted by molar-refractivity contribution is 5.54. The van der Waals surface area contributed by atoms with Crippen molar-refractivity contribution in [2.45, 2.75) is 32.0 Å². The van der Waals surface area contributed by atoms with Crippen LogP contribution in [0, 0.1) is 12.7 Å². The molecule has 160 valence electrons. The number of nitrogens with one attached hydrogen (secondary N) is 2. The van der Waals surface area contributed by atoms with E-state index in [2.05, 4.69) is 15.5 Å². The molecule has 3 aromatic heterocycles. The van der Waals surface area contributed by atoms with Crippen molar-refractivity contribution in [2.24, 2.45) is 0 Å². The normalized spacial score (nSPS) is 17.3. The first kappa shape index (κ1) is 19.7. The Kier molecular flexibility index (Phi) is 5.35. The number of halogens is 1. The van der Waals surface area contributed by atoms with E-state index in [9.17, 15) is 4.39 Å². The SMILES string of the molecule is Cc1cc(Nc2nc(C(OC[C@H]3CCCO3)c3ccc(F)cc3)nc3cccn23)n[nH]1. The number of aromatic nitrogens is 5. The van der Waals surface area contributed by atoms with Crippen LogP contribution in [0.4, 0.5) is 16.2 Å². The van der Waals surface area contributed by atoms with Gasteiger partial charge in [0.1, 0.15) is 17.6 Å². The van der Waals surface area contributed by atoms with Crippen LogP contribution < -0.4 is 5.32 Å². The number of hydrogen-bond acceptors (Lipinski definition) is 6. The average Bonchev–Trinajstić information content (AvgIpc) is 3.52. The Balaban J connectivity index is 1.52. The summed E-state index contributed by atoms with van der Waals surface area (Å²) in [6.07, 6.45) is 3.34. The topological polar surface area (TPSA) is 89.4 Å². The monoisotopic (exact) mass is 422 g/mol. The lowest BCUT2D eigenvalue weighted by molar-refractivity contribution is -0.0101. The number of hydrogen-bond donors (Lipinski definition) is 2. The van der Waals surface area contributed by atoms with E-state index in [0.29, 0.717) is 29.8 Å². The minimum atomic E-state index is -0.564. The molecule has 1 aliphatic heterocycles. The van der Waals surface area contributed by atoms with E-state index in [1.54, 1.807) is 12.1 Å². The Morgan fingerprint density at radius 2 is 2.16 bits per heavy atom. The Bertz CT molecular complexity index is 1170. The minimum Gasteiger partial charge on any atom is -0.376 e. The van der Waals surface area contributed by atoms with Gasteiger partial charge in [-0.25, -0.2) is 9.37 Å². The summed E-state index contributed by atoms with van der Waals surface area (Å²) < 4.78 is 27.3. The van der Waals surface area contributed by atoms with Crippen LogP contribution in [0.2, 0.25) is 0 Å². The van der Waals surface area contributed by atoms with Crippen molar-refractivity contribution < 1.29 is 13.9 Å². The maximum atomic E-state index is 13.5. The van der Waals surface area contributed by atoms with Crippen molar-refractivity contribution in [1.29, 1.82) is 0 Å². The third-order valence-corrected chi connectivity index (χ3v) is 5.23. The first-order valence-corrected chi connectivity index (χ1v) is 10.3. The molecule has 1 aromatic carbocycles. The Hall–Kier alpha value is -3.30. The van der Waals surface area contributed by atoms with Gasteiger partial charge < -0.3 is 14.8 Å². The van der Waals surface area contributed by atoms with E-state index in [0.717, 1.165) is 30.7 Å². The average molecular weight is 422 g/mol. The fourth-order valence-corrected chi connectivity index (χ4v) is 3.69. The molecule has 0 radical (unpaired) electrons. The van der Waals surface area contributed by atoms with E-state index in [-0.39, 0.29) is 11.9 Å². The molecular weight excluding hydrogens is 399 g/mol. The summed E-state index contributed by atoms with van der Waals surface area (Å²) in [5.74, 6) is 1.38. The molecule has 2 atom stereocenters. The van der Waals surface area contributed by atoms with Gasteiger partial charge in [0.2, 0.25) is 5.95 Å². The van der Waals surface area contributed by atoms with Crippen LogP contribution in [0.25, 0.3) is 5.65 Å². The third-order valence-electron chi connectivity index (χ3n) is 5.23. The molecule has 31 heavy (non-hydrogen) atoms. The molecule has 0 spiro atoms. The van der Waals surface area contributed by atoms with Gasteiger partial charge in [0.05, 0.1) is 12.7 Å². The number of ether oxygens (including phenoxy) is 2. The summed E-state index contributed by atoms with van der Waals surface area (Å²) in [6.45, 7) is 3.09. The highest BCUT2D eigenvalue weighted by Gasteiger charge is 2.24. The standard InChI is InChI=1S/C22H23FN6O2/c1-14-12-18(28-27-14)24-22-26-21(25-19-5-2-10-29(19)22)20(15-6-8-16(23)9-7-15)31-13-17-4-3-11-30-17/h2,5-10,12,17,20H,3-4,11,13H2,1H3,(H2,24,25,26,27,28)/t17-,20?/m1/s1. The zero-order valence-corrected chi connectivity index (χ0v) is 17.1. The molecule has 1 aliphatic rings. The Labute approximate surface area is 178 Å². The molecule has 0 amide bonds. The number of rotatable bonds is 7. The summed E-state index contributed by atoms with van der Waals surface area (Å²) in [5.41, 5.74) is 2.43. The van der Waals surface area contributed by atoms with Crippen LogP contribution in [-0.2, 0) is 9.47 Å². The molecule has 1 saturated heterocycles. The molecule has 9 heteroatoms. The summed E-state index contributed by atoms with van der Waals surface area (Å²) in [4.78, 5) is 9.46. The van der Waals surface area contributed by atoms with Gasteiger partial charge in [-0.05, 0) is 49.6 Å². The zero-order chi connectivity index (χ0) is 21.2. The van der Waals surface area contributed by atoms with E-state index < -0.39 is 6.10 Å². The van der Waals surface area contributed by atoms with Crippen molar-refractivity contribution in [3.05, 3.63) is 71.6 Å². The minimum absolute atomic E-state index is 0.0459. The first-order valence-electron chi connectivity index (χ1n) is 10.3. The number of nitrogens with zero attached hydrogens (tertiary/aromatic N) is 4. The number of benzene rings is 1. The first-order chi connectivity index (χ1) is 15.2. The zero-order valence-electron chi connectivity index (χ0n) is 17.1. The lowest BCUT2D eigenvalue weighted by atomic mass is 10.1. The number of aryl methyl sites for hydroxylation is 1. The summed E-state index contributed by atoms with van der Waals surface area (Å²) in [7, 11) is 0. The van der Waals surface area contributed by atoms with Gasteiger partial charge in [-0.2, -0.15) is 10.1 Å². The molecule has 1 unspecified atom stereocenters. The third kappa shape index (κ3) is 4.28. The van der Waals surface area contributed by atoms with Crippen LogP contribution in [0.3, 0.4) is 0 Å². The second-order valence-electron chi connectivity index (χ2n) is 7.60. The quantitative estimate of drug-likeness (QED) is 0.469. The number of H-pyrrole nitrogens is 1. The van der Waals surface area contributed by atoms with Gasteiger partial charge in [-0.1, -0.05) is 12.1 Å². The van der Waals surface area contributed by atoms with E-state index in [1.165, 1.54) is 12.1 Å². The highest BCUT2D eigenvalue weighted by Crippen LogP contribution is 2.27. The number of anilines is 2. The Morgan fingerprint density at radius 1 is 1.29 bits per heavy atom. The summed E-state index contributed by atoms with van der Waals surface area (Å²) in [6, 6.07) is 11.9. The maximum absolute atomic E-state index is 13.5. The molecular formula is C22H23FN6O2. The second kappa shape index (κ2) is 8.44. The molecule has 4 aromatic rings. The molecule has 2 N–H and O–H groups in total. The maximum Gasteiger partial charge on any atom is 0.216 e. The van der Waals surface area contributed by atoms with Gasteiger partial charge in [0, 0.05) is 24.6 Å². The van der Waals surface area contributed by atoms with Crippen molar-refractivity contribution in [3.63, 3.8) is 0 Å². The van der Waals surface area contributed by atoms with Crippen LogP contribution in [-0.4, -0.2) is 43.9 Å². The van der Waals surface area contributed by atoms with E-state index in [4.69, 9.17) is 19.4 Å². The van der Waals surface area contributed by atoms with Gasteiger partial charge in [-0.3, -0.25) is 9.50 Å². The van der Waals surface area contributed by atoms with Crippen LogP contribution in [0.5, 0.6) is 0 Å². The fraction of sp³-hybridized carbons (Fsp3) is 0.318. The summed E-state index contributed by atoms with van der Waals surface area (Å²) >= 11 is 0. The second-order valence-corrected chi connectivity index (χ2v) is 7.60. The molecule has 5 rings (SSSR count). The van der Waals surface area contributed by atoms with E-state index in [1.807, 2.05) is 35.7 Å². The summed E-state index contributed by atoms with van der Waals surface area (Å²) in [5, 5.41) is 10.4. The van der Waals surface area contributed by atoms with Crippen LogP contribution in [0.1, 0.15) is 36.0 Å². The largest absolute Gasteiger partial charge is 0.376 e. The smallest absolute Gasteiger partial charge is 0.216 e. The molecule has 4 heterocycles. The fourth-order valence-electron chi connectivity index (χ4n) is 3.69. The Morgan fingerprint density at radius 3 is 2.90 bits per heavy atom. The predicted molar refractivity (Wildman–Crippen MR) is 113 cm³/mol. The van der Waals surface area contributed by atoms with Crippen LogP contribution >= 0.6 is 0 Å². The predicted octanol–water partition coefficient (Wildman–Crippen LogP) is 3.93. The molecule has 8 nitrogen and oxygen atoms in total. The molecule has 1 fully saturated rings. The number of fused-ring (bicyclic) bond motifs is 1. The highest BCUT2D eigenvalue weighted by atomic mass is 19.1.